The van der Waals surface area contributed by atoms with Crippen LogP contribution in [0.1, 0.15) is 6.42 Å². The van der Waals surface area contributed by atoms with Crippen LogP contribution in [0.5, 0.6) is 0 Å². The van der Waals surface area contributed by atoms with Gasteiger partial charge in [0.05, 0.1) is 6.54 Å². The predicted molar refractivity (Wildman–Crippen MR) is 42.8 cm³/mol. The number of carbonyl (C=O) groups excluding carboxylic acids is 1. The molecule has 1 aliphatic rings. The maximum atomic E-state index is 10.7. The van der Waals surface area contributed by atoms with Crippen LogP contribution in [0.3, 0.4) is 0 Å². The molecule has 6 nitrogen and oxygen atoms in total. The number of carbonyl (C=O) groups is 1. The van der Waals surface area contributed by atoms with Gasteiger partial charge in [0, 0.05) is 19.0 Å². The minimum atomic E-state index is 0.0343. The highest BCUT2D eigenvalue weighted by Gasteiger charge is 2.20. The van der Waals surface area contributed by atoms with E-state index in [0.717, 1.165) is 0 Å². The van der Waals surface area contributed by atoms with Gasteiger partial charge in [-0.2, -0.15) is 0 Å². The van der Waals surface area contributed by atoms with Crippen LogP contribution in [-0.2, 0) is 4.79 Å². The lowest BCUT2D eigenvalue weighted by atomic mass is 10.2. The Morgan fingerprint density at radius 3 is 3.17 bits per heavy atom. The van der Waals surface area contributed by atoms with E-state index in [1.165, 1.54) is 0 Å². The monoisotopic (exact) mass is 172 g/mol. The summed E-state index contributed by atoms with van der Waals surface area (Å²) in [6, 6.07) is 0.0952. The van der Waals surface area contributed by atoms with Crippen molar-refractivity contribution in [1.29, 1.82) is 0 Å². The number of nitrogens with one attached hydrogen (secondary N) is 2. The number of oxime groups is 1. The van der Waals surface area contributed by atoms with Crippen molar-refractivity contribution in [2.75, 3.05) is 13.1 Å². The Labute approximate surface area is 69.8 Å². The van der Waals surface area contributed by atoms with Crippen LogP contribution in [-0.4, -0.2) is 36.1 Å². The summed E-state index contributed by atoms with van der Waals surface area (Å²) in [5.41, 5.74) is 5.22. The van der Waals surface area contributed by atoms with Crippen molar-refractivity contribution in [1.82, 2.24) is 10.6 Å². The van der Waals surface area contributed by atoms with E-state index in [2.05, 4.69) is 15.8 Å². The molecule has 1 heterocycles. The highest BCUT2D eigenvalue weighted by Crippen LogP contribution is 1.97. The van der Waals surface area contributed by atoms with Crippen molar-refractivity contribution in [2.24, 2.45) is 10.9 Å². The predicted octanol–water partition coefficient (Wildman–Crippen LogP) is -1.79. The van der Waals surface area contributed by atoms with Gasteiger partial charge in [0.2, 0.25) is 5.91 Å². The molecule has 0 aromatic rings. The Kier molecular flexibility index (Phi) is 2.87. The quantitative estimate of drug-likeness (QED) is 0.175. The normalized spacial score (nSPS) is 24.2. The van der Waals surface area contributed by atoms with Crippen LogP contribution in [0.4, 0.5) is 0 Å². The fourth-order valence-electron chi connectivity index (χ4n) is 1.03. The fourth-order valence-corrected chi connectivity index (χ4v) is 1.03. The molecule has 1 rings (SSSR count). The summed E-state index contributed by atoms with van der Waals surface area (Å²) in [7, 11) is 0. The zero-order chi connectivity index (χ0) is 8.97. The van der Waals surface area contributed by atoms with Gasteiger partial charge in [-0.3, -0.25) is 4.79 Å². The van der Waals surface area contributed by atoms with Crippen molar-refractivity contribution in [3.05, 3.63) is 0 Å². The molecule has 0 aliphatic carbocycles. The Morgan fingerprint density at radius 1 is 1.92 bits per heavy atom. The van der Waals surface area contributed by atoms with Crippen molar-refractivity contribution < 1.29 is 10.0 Å². The van der Waals surface area contributed by atoms with Crippen LogP contribution >= 0.6 is 0 Å². The van der Waals surface area contributed by atoms with Crippen molar-refractivity contribution in [3.8, 4) is 0 Å². The van der Waals surface area contributed by atoms with Gasteiger partial charge in [-0.05, 0) is 0 Å². The molecule has 1 unspecified atom stereocenters. The molecule has 0 radical (unpaired) electrons. The second-order valence-electron chi connectivity index (χ2n) is 2.68. The van der Waals surface area contributed by atoms with Crippen molar-refractivity contribution in [2.45, 2.75) is 12.5 Å². The summed E-state index contributed by atoms with van der Waals surface area (Å²) in [4.78, 5) is 10.7. The topological polar surface area (TPSA) is 99.7 Å². The highest BCUT2D eigenvalue weighted by molar-refractivity contribution is 5.82. The minimum Gasteiger partial charge on any atom is -0.409 e. The molecule has 1 aliphatic heterocycles. The summed E-state index contributed by atoms with van der Waals surface area (Å²) < 4.78 is 0. The molecule has 0 spiro atoms. The second-order valence-corrected chi connectivity index (χ2v) is 2.68. The molecule has 1 atom stereocenters. The molecule has 1 amide bonds. The number of rotatable bonds is 3. The average Bonchev–Trinajstić information content (AvgIpc) is 2.47. The van der Waals surface area contributed by atoms with Gasteiger partial charge in [0.15, 0.2) is 5.84 Å². The number of hydrogen-bond acceptors (Lipinski definition) is 4. The van der Waals surface area contributed by atoms with E-state index in [1.807, 2.05) is 0 Å². The number of nitrogens with zero attached hydrogens (tertiary/aromatic N) is 1. The molecule has 6 heteroatoms. The van der Waals surface area contributed by atoms with Crippen molar-refractivity contribution >= 4 is 11.7 Å². The first kappa shape index (κ1) is 8.79. The van der Waals surface area contributed by atoms with Gasteiger partial charge in [-0.15, -0.1) is 0 Å². The molecule has 1 saturated heterocycles. The largest absolute Gasteiger partial charge is 0.409 e. The summed E-state index contributed by atoms with van der Waals surface area (Å²) in [5.74, 6) is 0.154. The van der Waals surface area contributed by atoms with Gasteiger partial charge in [0.1, 0.15) is 0 Å². The van der Waals surface area contributed by atoms with E-state index in [9.17, 15) is 4.79 Å². The summed E-state index contributed by atoms with van der Waals surface area (Å²) in [5, 5.41) is 16.6. The number of amides is 1. The molecule has 5 N–H and O–H groups in total. The Balaban J connectivity index is 2.20. The van der Waals surface area contributed by atoms with E-state index in [1.54, 1.807) is 0 Å². The molecule has 0 aromatic carbocycles. The first-order valence-electron chi connectivity index (χ1n) is 3.69. The summed E-state index contributed by atoms with van der Waals surface area (Å²) >= 11 is 0. The van der Waals surface area contributed by atoms with Crippen LogP contribution in [0, 0.1) is 0 Å². The van der Waals surface area contributed by atoms with Crippen LogP contribution < -0.4 is 16.4 Å². The van der Waals surface area contributed by atoms with E-state index >= 15 is 0 Å². The summed E-state index contributed by atoms with van der Waals surface area (Å²) in [6.45, 7) is 0.910. The second kappa shape index (κ2) is 3.91. The van der Waals surface area contributed by atoms with E-state index in [0.29, 0.717) is 19.5 Å². The van der Waals surface area contributed by atoms with E-state index < -0.39 is 0 Å². The minimum absolute atomic E-state index is 0.0343. The third-order valence-electron chi connectivity index (χ3n) is 1.68. The maximum Gasteiger partial charge on any atom is 0.221 e. The SMILES string of the molecule is NC(CNC1CNC(=O)C1)=NO. The van der Waals surface area contributed by atoms with Gasteiger partial charge in [-0.25, -0.2) is 0 Å². The Hall–Kier alpha value is -1.30. The number of amidine groups is 1. The lowest BCUT2D eigenvalue weighted by Gasteiger charge is -2.07. The van der Waals surface area contributed by atoms with Crippen molar-refractivity contribution in [3.63, 3.8) is 0 Å². The number of hydrogen-bond donors (Lipinski definition) is 4. The maximum absolute atomic E-state index is 10.7. The van der Waals surface area contributed by atoms with Gasteiger partial charge >= 0.3 is 0 Å². The zero-order valence-corrected chi connectivity index (χ0v) is 6.58. The molecular weight excluding hydrogens is 160 g/mol. The first-order chi connectivity index (χ1) is 5.72. The van der Waals surface area contributed by atoms with Crippen LogP contribution in [0.15, 0.2) is 5.16 Å². The molecule has 0 aromatic heterocycles. The number of nitrogens with two attached hydrogens (primary N) is 1. The highest BCUT2D eigenvalue weighted by atomic mass is 16.4. The molecule has 0 saturated carbocycles. The summed E-state index contributed by atoms with van der Waals surface area (Å²) in [6.07, 6.45) is 0.457. The molecule has 1 fully saturated rings. The first-order valence-corrected chi connectivity index (χ1v) is 3.69. The third kappa shape index (κ3) is 2.39. The van der Waals surface area contributed by atoms with Crippen LogP contribution in [0.25, 0.3) is 0 Å². The van der Waals surface area contributed by atoms with Crippen LogP contribution in [0.2, 0.25) is 0 Å². The molecule has 0 bridgehead atoms. The van der Waals surface area contributed by atoms with Gasteiger partial charge in [0.25, 0.3) is 0 Å². The standard InChI is InChI=1S/C6H12N4O2/c7-5(10-12)3-8-4-1-6(11)9-2-4/h4,8,12H,1-3H2,(H2,7,10)(H,9,11). The zero-order valence-electron chi connectivity index (χ0n) is 6.58. The molecular formula is C6H12N4O2. The Bertz CT molecular complexity index is 204. The van der Waals surface area contributed by atoms with Gasteiger partial charge in [-0.1, -0.05) is 5.16 Å². The molecule has 68 valence electrons. The lowest BCUT2D eigenvalue weighted by molar-refractivity contribution is -0.119. The third-order valence-corrected chi connectivity index (χ3v) is 1.68. The fraction of sp³-hybridized carbons (Fsp3) is 0.667. The smallest absolute Gasteiger partial charge is 0.221 e. The van der Waals surface area contributed by atoms with E-state index in [-0.39, 0.29) is 17.8 Å². The Morgan fingerprint density at radius 2 is 2.67 bits per heavy atom. The molecule has 12 heavy (non-hydrogen) atoms. The lowest BCUT2D eigenvalue weighted by Crippen LogP contribution is -2.37. The van der Waals surface area contributed by atoms with E-state index in [4.69, 9.17) is 10.9 Å². The average molecular weight is 172 g/mol. The van der Waals surface area contributed by atoms with Gasteiger partial charge < -0.3 is 21.6 Å².